The van der Waals surface area contributed by atoms with Gasteiger partial charge in [-0.05, 0) is 24.3 Å². The van der Waals surface area contributed by atoms with Gasteiger partial charge in [-0.15, -0.1) is 10.2 Å². The molecule has 0 spiro atoms. The molecule has 3 aromatic rings. The quantitative estimate of drug-likeness (QED) is 0.757. The van der Waals surface area contributed by atoms with Crippen molar-refractivity contribution >= 4 is 32.2 Å². The maximum Gasteiger partial charge on any atom is 0.257 e. The standard InChI is InChI=1S/C16H13N3O3S2/c20-15(12-7-3-1-4-8-12)17-16-19-18-14(23-16)11-24(21,22)13-9-5-2-6-10-13/h1-10H,11H2,(H,17,19,20). The Morgan fingerprint density at radius 1 is 0.958 bits per heavy atom. The van der Waals surface area contributed by atoms with Crippen molar-refractivity contribution in [3.8, 4) is 0 Å². The Labute approximate surface area is 143 Å². The van der Waals surface area contributed by atoms with E-state index in [0.717, 1.165) is 11.3 Å². The van der Waals surface area contributed by atoms with Gasteiger partial charge in [0.2, 0.25) is 5.13 Å². The van der Waals surface area contributed by atoms with Crippen LogP contribution in [0.5, 0.6) is 0 Å². The molecule has 0 fully saturated rings. The van der Waals surface area contributed by atoms with Gasteiger partial charge in [0.15, 0.2) is 9.84 Å². The number of sulfone groups is 1. The van der Waals surface area contributed by atoms with Crippen molar-refractivity contribution in [1.82, 2.24) is 10.2 Å². The van der Waals surface area contributed by atoms with Crippen LogP contribution in [0, 0.1) is 0 Å². The fourth-order valence-corrected chi connectivity index (χ4v) is 4.35. The summed E-state index contributed by atoms with van der Waals surface area (Å²) in [4.78, 5) is 12.3. The van der Waals surface area contributed by atoms with E-state index in [1.54, 1.807) is 42.5 Å². The van der Waals surface area contributed by atoms with E-state index in [-0.39, 0.29) is 21.7 Å². The zero-order chi connectivity index (χ0) is 17.0. The number of hydrogen-bond donors (Lipinski definition) is 1. The lowest BCUT2D eigenvalue weighted by atomic mass is 10.2. The smallest absolute Gasteiger partial charge is 0.257 e. The highest BCUT2D eigenvalue weighted by molar-refractivity contribution is 7.90. The summed E-state index contributed by atoms with van der Waals surface area (Å²) in [5.74, 6) is -0.570. The molecule has 0 radical (unpaired) electrons. The van der Waals surface area contributed by atoms with Crippen molar-refractivity contribution in [3.63, 3.8) is 0 Å². The van der Waals surface area contributed by atoms with Gasteiger partial charge in [0, 0.05) is 5.56 Å². The third-order valence-corrected chi connectivity index (χ3v) is 5.80. The summed E-state index contributed by atoms with van der Waals surface area (Å²) >= 11 is 1.04. The van der Waals surface area contributed by atoms with Gasteiger partial charge in [-0.3, -0.25) is 10.1 Å². The first-order valence-electron chi connectivity index (χ1n) is 7.01. The van der Waals surface area contributed by atoms with Crippen LogP contribution in [-0.4, -0.2) is 24.5 Å². The second-order valence-electron chi connectivity index (χ2n) is 4.89. The van der Waals surface area contributed by atoms with Crippen LogP contribution in [0.4, 0.5) is 5.13 Å². The third-order valence-electron chi connectivity index (χ3n) is 3.14. The van der Waals surface area contributed by atoms with Crippen LogP contribution in [0.25, 0.3) is 0 Å². The van der Waals surface area contributed by atoms with E-state index >= 15 is 0 Å². The summed E-state index contributed by atoms with van der Waals surface area (Å²) in [7, 11) is -3.49. The summed E-state index contributed by atoms with van der Waals surface area (Å²) in [5, 5.41) is 10.9. The number of anilines is 1. The SMILES string of the molecule is O=C(Nc1nnc(CS(=O)(=O)c2ccccc2)s1)c1ccccc1. The number of nitrogens with zero attached hydrogens (tertiary/aromatic N) is 2. The fourth-order valence-electron chi connectivity index (χ4n) is 1.99. The van der Waals surface area contributed by atoms with Crippen molar-refractivity contribution < 1.29 is 13.2 Å². The molecule has 0 unspecified atom stereocenters. The molecule has 1 N–H and O–H groups in total. The Morgan fingerprint density at radius 3 is 2.25 bits per heavy atom. The summed E-state index contributed by atoms with van der Waals surface area (Å²) < 4.78 is 24.6. The molecule has 2 aromatic carbocycles. The van der Waals surface area contributed by atoms with Crippen LogP contribution < -0.4 is 5.32 Å². The molecule has 0 saturated carbocycles. The minimum atomic E-state index is -3.49. The molecule has 0 aliphatic heterocycles. The van der Waals surface area contributed by atoms with E-state index in [1.807, 2.05) is 6.07 Å². The summed E-state index contributed by atoms with van der Waals surface area (Å²) in [6, 6.07) is 16.8. The number of nitrogens with one attached hydrogen (secondary N) is 1. The first kappa shape index (κ1) is 16.3. The number of carbonyl (C=O) groups is 1. The van der Waals surface area contributed by atoms with Crippen LogP contribution in [0.1, 0.15) is 15.4 Å². The zero-order valence-corrected chi connectivity index (χ0v) is 14.0. The predicted molar refractivity (Wildman–Crippen MR) is 91.6 cm³/mol. The van der Waals surface area contributed by atoms with Crippen LogP contribution in [0.15, 0.2) is 65.6 Å². The summed E-state index contributed by atoms with van der Waals surface area (Å²) in [6.45, 7) is 0. The van der Waals surface area contributed by atoms with Gasteiger partial charge in [-0.1, -0.05) is 47.7 Å². The van der Waals surface area contributed by atoms with Crippen molar-refractivity contribution in [2.45, 2.75) is 10.6 Å². The predicted octanol–water partition coefficient (Wildman–Crippen LogP) is 2.76. The van der Waals surface area contributed by atoms with E-state index in [4.69, 9.17) is 0 Å². The van der Waals surface area contributed by atoms with E-state index in [1.165, 1.54) is 12.1 Å². The molecular weight excluding hydrogens is 346 g/mol. The molecule has 0 atom stereocenters. The average molecular weight is 359 g/mol. The summed E-state index contributed by atoms with van der Waals surface area (Å²) in [6.07, 6.45) is 0. The van der Waals surface area contributed by atoms with Gasteiger partial charge in [0.25, 0.3) is 5.91 Å². The lowest BCUT2D eigenvalue weighted by molar-refractivity contribution is 0.102. The molecule has 24 heavy (non-hydrogen) atoms. The molecule has 6 nitrogen and oxygen atoms in total. The van der Waals surface area contributed by atoms with Gasteiger partial charge in [-0.2, -0.15) is 0 Å². The minimum Gasteiger partial charge on any atom is -0.296 e. The molecule has 0 aliphatic rings. The van der Waals surface area contributed by atoms with Crippen molar-refractivity contribution in [2.24, 2.45) is 0 Å². The molecule has 1 heterocycles. The Balaban J connectivity index is 1.71. The van der Waals surface area contributed by atoms with Gasteiger partial charge < -0.3 is 0 Å². The Kier molecular flexibility index (Phi) is 4.68. The molecule has 0 bridgehead atoms. The van der Waals surface area contributed by atoms with Crippen LogP contribution in [0.2, 0.25) is 0 Å². The molecule has 1 aromatic heterocycles. The highest BCUT2D eigenvalue weighted by atomic mass is 32.2. The number of benzene rings is 2. The van der Waals surface area contributed by atoms with Crippen LogP contribution in [0.3, 0.4) is 0 Å². The monoisotopic (exact) mass is 359 g/mol. The highest BCUT2D eigenvalue weighted by Crippen LogP contribution is 2.21. The maximum absolute atomic E-state index is 12.3. The molecule has 0 saturated heterocycles. The maximum atomic E-state index is 12.3. The van der Waals surface area contributed by atoms with Crippen molar-refractivity contribution in [3.05, 3.63) is 71.2 Å². The zero-order valence-electron chi connectivity index (χ0n) is 12.4. The van der Waals surface area contributed by atoms with Crippen LogP contribution in [-0.2, 0) is 15.6 Å². The Hall–Kier alpha value is -2.58. The molecule has 0 aliphatic carbocycles. The van der Waals surface area contributed by atoms with E-state index in [0.29, 0.717) is 10.6 Å². The number of hydrogen-bond acceptors (Lipinski definition) is 6. The van der Waals surface area contributed by atoms with Gasteiger partial charge >= 0.3 is 0 Å². The Morgan fingerprint density at radius 2 is 1.58 bits per heavy atom. The second kappa shape index (κ2) is 6.90. The molecule has 3 rings (SSSR count). The largest absolute Gasteiger partial charge is 0.296 e. The van der Waals surface area contributed by atoms with E-state index in [2.05, 4.69) is 15.5 Å². The van der Waals surface area contributed by atoms with E-state index in [9.17, 15) is 13.2 Å². The van der Waals surface area contributed by atoms with Gasteiger partial charge in [0.05, 0.1) is 4.90 Å². The Bertz CT molecular complexity index is 939. The third kappa shape index (κ3) is 3.84. The van der Waals surface area contributed by atoms with Crippen LogP contribution >= 0.6 is 11.3 Å². The number of rotatable bonds is 5. The number of carbonyl (C=O) groups excluding carboxylic acids is 1. The first-order chi connectivity index (χ1) is 11.5. The highest BCUT2D eigenvalue weighted by Gasteiger charge is 2.18. The first-order valence-corrected chi connectivity index (χ1v) is 9.48. The number of aromatic nitrogens is 2. The number of amides is 1. The molecule has 8 heteroatoms. The molecular formula is C16H13N3O3S2. The van der Waals surface area contributed by atoms with Crippen molar-refractivity contribution in [1.29, 1.82) is 0 Å². The normalized spacial score (nSPS) is 11.2. The lowest BCUT2D eigenvalue weighted by Crippen LogP contribution is -2.11. The topological polar surface area (TPSA) is 89.0 Å². The lowest BCUT2D eigenvalue weighted by Gasteiger charge is -2.01. The van der Waals surface area contributed by atoms with Crippen molar-refractivity contribution in [2.75, 3.05) is 5.32 Å². The minimum absolute atomic E-state index is 0.232. The second-order valence-corrected chi connectivity index (χ2v) is 7.94. The van der Waals surface area contributed by atoms with Gasteiger partial charge in [0.1, 0.15) is 10.8 Å². The molecule has 1 amide bonds. The van der Waals surface area contributed by atoms with E-state index < -0.39 is 9.84 Å². The van der Waals surface area contributed by atoms with Gasteiger partial charge in [-0.25, -0.2) is 8.42 Å². The fraction of sp³-hybridized carbons (Fsp3) is 0.0625. The molecule has 122 valence electrons. The summed E-state index contributed by atoms with van der Waals surface area (Å²) in [5.41, 5.74) is 0.492. The average Bonchev–Trinajstić information content (AvgIpc) is 3.02.